The number of hydrogen-bond acceptors (Lipinski definition) is 3. The lowest BCUT2D eigenvalue weighted by Gasteiger charge is -2.08. The number of aryl methyl sites for hydroxylation is 1. The molecule has 0 saturated carbocycles. The number of rotatable bonds is 3. The van der Waals surface area contributed by atoms with Crippen LogP contribution in [0.2, 0.25) is 0 Å². The Balaban J connectivity index is 1.46. The average Bonchev–Trinajstić information content (AvgIpc) is 3.52. The molecule has 0 fully saturated rings. The van der Waals surface area contributed by atoms with Crippen LogP contribution in [0.15, 0.2) is 60.1 Å². The molecular formula is C26H22N4S. The zero-order valence-electron chi connectivity index (χ0n) is 17.7. The molecule has 3 heterocycles. The monoisotopic (exact) mass is 422 g/mol. The summed E-state index contributed by atoms with van der Waals surface area (Å²) in [4.78, 5) is 16.1. The van der Waals surface area contributed by atoms with Crippen LogP contribution in [-0.2, 0) is 0 Å². The number of nitrogens with zero attached hydrogens (tertiary/aromatic N) is 2. The van der Waals surface area contributed by atoms with Crippen molar-refractivity contribution in [3.63, 3.8) is 0 Å². The Morgan fingerprint density at radius 2 is 1.61 bits per heavy atom. The van der Waals surface area contributed by atoms with E-state index in [0.29, 0.717) is 5.92 Å². The topological polar surface area (TPSA) is 57.4 Å². The number of imidazole rings is 2. The SMILES string of the molecule is Cc1nc2c3ccsc3c3cc(-c4ccc(-c5cnc(C(C)C)[nH]5)cc4)ccc3c2[nH]1. The Morgan fingerprint density at radius 1 is 0.839 bits per heavy atom. The summed E-state index contributed by atoms with van der Waals surface area (Å²) in [6.07, 6.45) is 1.92. The van der Waals surface area contributed by atoms with Crippen LogP contribution in [0.1, 0.15) is 31.4 Å². The smallest absolute Gasteiger partial charge is 0.109 e. The van der Waals surface area contributed by atoms with E-state index in [-0.39, 0.29) is 0 Å². The number of fused-ring (bicyclic) bond motifs is 6. The number of benzene rings is 3. The van der Waals surface area contributed by atoms with Gasteiger partial charge >= 0.3 is 0 Å². The molecule has 0 unspecified atom stereocenters. The van der Waals surface area contributed by atoms with E-state index in [1.165, 1.54) is 32.0 Å². The second-order valence-corrected chi connectivity index (χ2v) is 9.30. The van der Waals surface area contributed by atoms with E-state index in [1.807, 2.05) is 13.1 Å². The first-order valence-electron chi connectivity index (χ1n) is 10.5. The molecule has 152 valence electrons. The van der Waals surface area contributed by atoms with Gasteiger partial charge in [0.1, 0.15) is 11.6 Å². The van der Waals surface area contributed by atoms with Gasteiger partial charge in [0.15, 0.2) is 0 Å². The third kappa shape index (κ3) is 2.88. The summed E-state index contributed by atoms with van der Waals surface area (Å²) in [5.41, 5.74) is 6.83. The van der Waals surface area contributed by atoms with Crippen molar-refractivity contribution in [1.82, 2.24) is 19.9 Å². The first-order chi connectivity index (χ1) is 15.1. The highest BCUT2D eigenvalue weighted by molar-refractivity contribution is 7.18. The predicted molar refractivity (Wildman–Crippen MR) is 131 cm³/mol. The molecule has 3 aromatic carbocycles. The number of thiophene rings is 1. The molecule has 0 radical (unpaired) electrons. The van der Waals surface area contributed by atoms with E-state index < -0.39 is 0 Å². The van der Waals surface area contributed by atoms with Gasteiger partial charge in [-0.2, -0.15) is 0 Å². The van der Waals surface area contributed by atoms with Crippen LogP contribution >= 0.6 is 11.3 Å². The third-order valence-corrected chi connectivity index (χ3v) is 6.90. The molecule has 0 atom stereocenters. The van der Waals surface area contributed by atoms with Gasteiger partial charge in [-0.1, -0.05) is 50.2 Å². The van der Waals surface area contributed by atoms with E-state index in [9.17, 15) is 0 Å². The molecule has 3 aromatic heterocycles. The molecule has 5 heteroatoms. The Bertz CT molecular complexity index is 1560. The minimum atomic E-state index is 0.393. The van der Waals surface area contributed by atoms with Gasteiger partial charge in [0.25, 0.3) is 0 Å². The Labute approximate surface area is 184 Å². The molecule has 2 N–H and O–H groups in total. The minimum absolute atomic E-state index is 0.393. The zero-order valence-corrected chi connectivity index (χ0v) is 18.5. The van der Waals surface area contributed by atoms with Gasteiger partial charge in [0.05, 0.1) is 22.9 Å². The fourth-order valence-electron chi connectivity index (χ4n) is 4.33. The molecule has 0 aliphatic heterocycles. The average molecular weight is 423 g/mol. The molecule has 4 nitrogen and oxygen atoms in total. The van der Waals surface area contributed by atoms with Gasteiger partial charge < -0.3 is 9.97 Å². The summed E-state index contributed by atoms with van der Waals surface area (Å²) in [6, 6.07) is 17.6. The highest BCUT2D eigenvalue weighted by Gasteiger charge is 2.14. The molecule has 0 saturated heterocycles. The third-order valence-electron chi connectivity index (χ3n) is 5.95. The van der Waals surface area contributed by atoms with Crippen LogP contribution < -0.4 is 0 Å². The maximum absolute atomic E-state index is 4.74. The van der Waals surface area contributed by atoms with E-state index in [2.05, 4.69) is 82.7 Å². The van der Waals surface area contributed by atoms with E-state index in [4.69, 9.17) is 4.98 Å². The number of hydrogen-bond donors (Lipinski definition) is 2. The fraction of sp³-hybridized carbons (Fsp3) is 0.154. The second kappa shape index (κ2) is 6.79. The number of aromatic amines is 2. The standard InChI is InChI=1S/C26H22N4S/c1-14(2)26-27-13-22(30-26)17-6-4-16(5-7-17)18-8-9-19-21(12-18)25-20(10-11-31-25)24-23(19)28-15(3)29-24/h4-14H,1-3H3,(H,27,30)(H,28,29). The van der Waals surface area contributed by atoms with Crippen LogP contribution in [0, 0.1) is 6.92 Å². The number of H-pyrrole nitrogens is 2. The first kappa shape index (κ1) is 18.3. The Morgan fingerprint density at radius 3 is 2.39 bits per heavy atom. The number of aromatic nitrogens is 4. The Hall–Kier alpha value is -3.44. The van der Waals surface area contributed by atoms with Crippen LogP contribution in [0.25, 0.3) is 54.3 Å². The molecule has 0 bridgehead atoms. The van der Waals surface area contributed by atoms with Crippen LogP contribution in [0.4, 0.5) is 0 Å². The number of nitrogens with one attached hydrogen (secondary N) is 2. The van der Waals surface area contributed by atoms with Crippen molar-refractivity contribution in [1.29, 1.82) is 0 Å². The molecule has 6 rings (SSSR count). The molecule has 0 spiro atoms. The van der Waals surface area contributed by atoms with Gasteiger partial charge in [0, 0.05) is 26.8 Å². The highest BCUT2D eigenvalue weighted by atomic mass is 32.1. The van der Waals surface area contributed by atoms with Crippen LogP contribution in [0.3, 0.4) is 0 Å². The lowest BCUT2D eigenvalue weighted by molar-refractivity contribution is 0.795. The van der Waals surface area contributed by atoms with Gasteiger partial charge in [-0.3, -0.25) is 0 Å². The molecule has 0 aliphatic rings. The van der Waals surface area contributed by atoms with Gasteiger partial charge in [0.2, 0.25) is 0 Å². The second-order valence-electron chi connectivity index (χ2n) is 8.38. The lowest BCUT2D eigenvalue weighted by Crippen LogP contribution is -1.89. The van der Waals surface area contributed by atoms with Crippen molar-refractivity contribution in [2.24, 2.45) is 0 Å². The quantitative estimate of drug-likeness (QED) is 0.312. The van der Waals surface area contributed by atoms with Crippen molar-refractivity contribution in [3.8, 4) is 22.4 Å². The Kier molecular flexibility index (Phi) is 4.02. The van der Waals surface area contributed by atoms with E-state index >= 15 is 0 Å². The van der Waals surface area contributed by atoms with Crippen molar-refractivity contribution in [2.45, 2.75) is 26.7 Å². The molecule has 6 aromatic rings. The predicted octanol–water partition coefficient (Wildman–Crippen LogP) is 7.42. The summed E-state index contributed by atoms with van der Waals surface area (Å²) in [5.74, 6) is 2.37. The fourth-order valence-corrected chi connectivity index (χ4v) is 5.26. The maximum atomic E-state index is 4.74. The van der Waals surface area contributed by atoms with Crippen LogP contribution in [-0.4, -0.2) is 19.9 Å². The van der Waals surface area contributed by atoms with Crippen molar-refractivity contribution < 1.29 is 0 Å². The molecule has 0 amide bonds. The molecule has 31 heavy (non-hydrogen) atoms. The first-order valence-corrected chi connectivity index (χ1v) is 11.4. The largest absolute Gasteiger partial charge is 0.342 e. The maximum Gasteiger partial charge on any atom is 0.109 e. The normalized spacial score (nSPS) is 12.0. The molecular weight excluding hydrogens is 400 g/mol. The van der Waals surface area contributed by atoms with Gasteiger partial charge in [-0.05, 0) is 41.1 Å². The molecule has 0 aliphatic carbocycles. The van der Waals surface area contributed by atoms with Crippen LogP contribution in [0.5, 0.6) is 0 Å². The van der Waals surface area contributed by atoms with Crippen molar-refractivity contribution in [3.05, 3.63) is 71.8 Å². The van der Waals surface area contributed by atoms with Crippen molar-refractivity contribution in [2.75, 3.05) is 0 Å². The summed E-state index contributed by atoms with van der Waals surface area (Å²) in [7, 11) is 0. The minimum Gasteiger partial charge on any atom is -0.342 e. The summed E-state index contributed by atoms with van der Waals surface area (Å²) < 4.78 is 1.30. The zero-order chi connectivity index (χ0) is 21.1. The van der Waals surface area contributed by atoms with E-state index in [1.54, 1.807) is 11.3 Å². The highest BCUT2D eigenvalue weighted by Crippen LogP contribution is 2.38. The summed E-state index contributed by atoms with van der Waals surface area (Å²) >= 11 is 1.78. The van der Waals surface area contributed by atoms with Gasteiger partial charge in [-0.15, -0.1) is 11.3 Å². The summed E-state index contributed by atoms with van der Waals surface area (Å²) in [6.45, 7) is 6.31. The lowest BCUT2D eigenvalue weighted by atomic mass is 9.98. The van der Waals surface area contributed by atoms with E-state index in [0.717, 1.165) is 33.9 Å². The van der Waals surface area contributed by atoms with Gasteiger partial charge in [-0.25, -0.2) is 9.97 Å². The van der Waals surface area contributed by atoms with Crippen molar-refractivity contribution >= 4 is 43.2 Å². The summed E-state index contributed by atoms with van der Waals surface area (Å²) in [5, 5.41) is 5.89.